The number of aromatic nitrogens is 3. The summed E-state index contributed by atoms with van der Waals surface area (Å²) in [4.78, 5) is 16.2. The Bertz CT molecular complexity index is 871. The van der Waals surface area contributed by atoms with E-state index in [4.69, 9.17) is 4.42 Å². The van der Waals surface area contributed by atoms with Gasteiger partial charge in [-0.05, 0) is 31.2 Å². The van der Waals surface area contributed by atoms with Crippen LogP contribution in [0.25, 0.3) is 11.5 Å². The fraction of sp³-hybridized carbons (Fsp3) is 0.125. The second kappa shape index (κ2) is 6.88. The summed E-state index contributed by atoms with van der Waals surface area (Å²) in [5.74, 6) is -1.81. The number of rotatable bonds is 5. The molecule has 1 unspecified atom stereocenters. The highest BCUT2D eigenvalue weighted by Crippen LogP contribution is 2.28. The van der Waals surface area contributed by atoms with Gasteiger partial charge in [0.15, 0.2) is 5.78 Å². The largest absolute Gasteiger partial charge is 0.411 e. The number of carbonyl (C=O) groups is 1. The van der Waals surface area contributed by atoms with Crippen LogP contribution in [0, 0.1) is 11.6 Å². The van der Waals surface area contributed by atoms with E-state index in [1.807, 2.05) is 0 Å². The van der Waals surface area contributed by atoms with Crippen LogP contribution in [0.1, 0.15) is 17.3 Å². The first kappa shape index (κ1) is 16.3. The van der Waals surface area contributed by atoms with Gasteiger partial charge in [-0.15, -0.1) is 10.2 Å². The average molecular weight is 347 g/mol. The van der Waals surface area contributed by atoms with Crippen LogP contribution in [0.15, 0.2) is 52.4 Å². The van der Waals surface area contributed by atoms with Crippen LogP contribution in [0.2, 0.25) is 0 Å². The van der Waals surface area contributed by atoms with Gasteiger partial charge in [0.1, 0.15) is 11.6 Å². The lowest BCUT2D eigenvalue weighted by Gasteiger charge is -2.08. The van der Waals surface area contributed by atoms with Crippen molar-refractivity contribution in [2.75, 3.05) is 0 Å². The zero-order valence-corrected chi connectivity index (χ0v) is 13.3. The van der Waals surface area contributed by atoms with Crippen LogP contribution in [-0.2, 0) is 0 Å². The summed E-state index contributed by atoms with van der Waals surface area (Å²) in [6.45, 7) is 1.59. The summed E-state index contributed by atoms with van der Waals surface area (Å²) in [5.41, 5.74) is 0.526. The van der Waals surface area contributed by atoms with E-state index in [0.717, 1.165) is 23.9 Å². The van der Waals surface area contributed by atoms with Crippen LogP contribution in [0.5, 0.6) is 0 Å². The lowest BCUT2D eigenvalue weighted by Crippen LogP contribution is -2.15. The standard InChI is InChI=1S/C16H11F2N3O2S/c1-9(14(22)12-3-2-11(17)8-13(12)18)24-16-21-20-15(23-16)10-4-6-19-7-5-10/h2-9H,1H3. The van der Waals surface area contributed by atoms with E-state index in [-0.39, 0.29) is 10.8 Å². The fourth-order valence-corrected chi connectivity index (χ4v) is 2.73. The molecule has 0 spiro atoms. The molecule has 0 saturated heterocycles. The number of hydrogen-bond acceptors (Lipinski definition) is 6. The van der Waals surface area contributed by atoms with E-state index in [1.54, 1.807) is 31.5 Å². The van der Waals surface area contributed by atoms with Crippen LogP contribution in [0.3, 0.4) is 0 Å². The Labute approximate surface area is 140 Å². The van der Waals surface area contributed by atoms with Gasteiger partial charge in [-0.2, -0.15) is 0 Å². The van der Waals surface area contributed by atoms with Gasteiger partial charge in [0.2, 0.25) is 5.89 Å². The number of carbonyl (C=O) groups excluding carboxylic acids is 1. The first-order valence-electron chi connectivity index (χ1n) is 6.94. The van der Waals surface area contributed by atoms with Crippen LogP contribution in [0.4, 0.5) is 8.78 Å². The van der Waals surface area contributed by atoms with E-state index in [1.165, 1.54) is 0 Å². The number of benzene rings is 1. The van der Waals surface area contributed by atoms with Crippen LogP contribution in [-0.4, -0.2) is 26.2 Å². The third-order valence-corrected chi connectivity index (χ3v) is 4.11. The maximum Gasteiger partial charge on any atom is 0.277 e. The van der Waals surface area contributed by atoms with Crippen LogP contribution >= 0.6 is 11.8 Å². The van der Waals surface area contributed by atoms with Gasteiger partial charge in [0, 0.05) is 24.0 Å². The molecule has 1 aromatic carbocycles. The summed E-state index contributed by atoms with van der Waals surface area (Å²) >= 11 is 1.01. The second-order valence-electron chi connectivity index (χ2n) is 4.86. The third-order valence-electron chi connectivity index (χ3n) is 3.18. The Morgan fingerprint density at radius 3 is 2.62 bits per heavy atom. The molecule has 122 valence electrons. The molecule has 0 aliphatic heterocycles. The van der Waals surface area contributed by atoms with Gasteiger partial charge in [0.25, 0.3) is 5.22 Å². The van der Waals surface area contributed by atoms with Gasteiger partial charge in [-0.1, -0.05) is 11.8 Å². The van der Waals surface area contributed by atoms with Crippen molar-refractivity contribution in [3.63, 3.8) is 0 Å². The average Bonchev–Trinajstić information content (AvgIpc) is 3.03. The van der Waals surface area contributed by atoms with Crippen molar-refractivity contribution >= 4 is 17.5 Å². The molecule has 0 bridgehead atoms. The van der Waals surface area contributed by atoms with Gasteiger partial charge >= 0.3 is 0 Å². The summed E-state index contributed by atoms with van der Waals surface area (Å²) in [6, 6.07) is 6.27. The van der Waals surface area contributed by atoms with Gasteiger partial charge < -0.3 is 4.42 Å². The normalized spacial score (nSPS) is 12.1. The molecule has 0 aliphatic carbocycles. The predicted octanol–water partition coefficient (Wildman–Crippen LogP) is 3.77. The molecule has 8 heteroatoms. The predicted molar refractivity (Wildman–Crippen MR) is 83.5 cm³/mol. The van der Waals surface area contributed by atoms with Crippen molar-refractivity contribution < 1.29 is 18.0 Å². The number of ketones is 1. The molecule has 3 rings (SSSR count). The fourth-order valence-electron chi connectivity index (χ4n) is 1.98. The van der Waals surface area contributed by atoms with Crippen molar-refractivity contribution in [2.45, 2.75) is 17.4 Å². The summed E-state index contributed by atoms with van der Waals surface area (Å²) in [5, 5.41) is 7.28. The molecular formula is C16H11F2N3O2S. The Hall–Kier alpha value is -2.61. The van der Waals surface area contributed by atoms with E-state index < -0.39 is 22.7 Å². The topological polar surface area (TPSA) is 68.9 Å². The van der Waals surface area contributed by atoms with Crippen molar-refractivity contribution in [1.82, 2.24) is 15.2 Å². The molecule has 0 N–H and O–H groups in total. The van der Waals surface area contributed by atoms with Crippen LogP contribution < -0.4 is 0 Å². The second-order valence-corrected chi connectivity index (χ2v) is 6.15. The first-order chi connectivity index (χ1) is 11.5. The maximum atomic E-state index is 13.7. The highest BCUT2D eigenvalue weighted by molar-refractivity contribution is 8.00. The zero-order valence-electron chi connectivity index (χ0n) is 12.4. The van der Waals surface area contributed by atoms with Gasteiger partial charge in [0.05, 0.1) is 10.8 Å². The minimum Gasteiger partial charge on any atom is -0.411 e. The molecule has 1 atom stereocenters. The van der Waals surface area contributed by atoms with Crippen molar-refractivity contribution in [3.05, 3.63) is 59.9 Å². The summed E-state index contributed by atoms with van der Waals surface area (Å²) < 4.78 is 32.1. The van der Waals surface area contributed by atoms with E-state index in [9.17, 15) is 13.6 Å². The number of Topliss-reactive ketones (excluding diaryl/α,β-unsaturated/α-hetero) is 1. The van der Waals surface area contributed by atoms with Crippen molar-refractivity contribution in [3.8, 4) is 11.5 Å². The number of hydrogen-bond donors (Lipinski definition) is 0. The van der Waals surface area contributed by atoms with E-state index in [2.05, 4.69) is 15.2 Å². The van der Waals surface area contributed by atoms with Crippen molar-refractivity contribution in [2.24, 2.45) is 0 Å². The quantitative estimate of drug-likeness (QED) is 0.517. The lowest BCUT2D eigenvalue weighted by atomic mass is 10.1. The van der Waals surface area contributed by atoms with E-state index >= 15 is 0 Å². The summed E-state index contributed by atoms with van der Waals surface area (Å²) in [7, 11) is 0. The lowest BCUT2D eigenvalue weighted by molar-refractivity contribution is 0.0989. The number of nitrogens with zero attached hydrogens (tertiary/aromatic N) is 3. The Morgan fingerprint density at radius 2 is 1.92 bits per heavy atom. The smallest absolute Gasteiger partial charge is 0.277 e. The van der Waals surface area contributed by atoms with Gasteiger partial charge in [-0.3, -0.25) is 9.78 Å². The molecule has 2 aromatic heterocycles. The highest BCUT2D eigenvalue weighted by Gasteiger charge is 2.22. The monoisotopic (exact) mass is 347 g/mol. The Balaban J connectivity index is 1.74. The molecule has 2 heterocycles. The first-order valence-corrected chi connectivity index (χ1v) is 7.82. The molecule has 0 amide bonds. The maximum absolute atomic E-state index is 13.7. The third kappa shape index (κ3) is 3.48. The Kier molecular flexibility index (Phi) is 4.66. The minimum atomic E-state index is -0.893. The highest BCUT2D eigenvalue weighted by atomic mass is 32.2. The van der Waals surface area contributed by atoms with Gasteiger partial charge in [-0.25, -0.2) is 8.78 Å². The Morgan fingerprint density at radius 1 is 1.17 bits per heavy atom. The zero-order chi connectivity index (χ0) is 17.1. The molecule has 3 aromatic rings. The molecular weight excluding hydrogens is 336 g/mol. The molecule has 5 nitrogen and oxygen atoms in total. The molecule has 0 radical (unpaired) electrons. The molecule has 0 aliphatic rings. The molecule has 0 fully saturated rings. The number of pyridine rings is 1. The van der Waals surface area contributed by atoms with E-state index in [0.29, 0.717) is 17.5 Å². The number of halogens is 2. The molecule has 24 heavy (non-hydrogen) atoms. The summed E-state index contributed by atoms with van der Waals surface area (Å²) in [6.07, 6.45) is 3.19. The number of thioether (sulfide) groups is 1. The minimum absolute atomic E-state index is 0.176. The molecule has 0 saturated carbocycles. The SMILES string of the molecule is CC(Sc1nnc(-c2ccncc2)o1)C(=O)c1ccc(F)cc1F. The van der Waals surface area contributed by atoms with Crippen molar-refractivity contribution in [1.29, 1.82) is 0 Å².